The Bertz CT molecular complexity index is 217. The summed E-state index contributed by atoms with van der Waals surface area (Å²) in [6.07, 6.45) is 1.98. The van der Waals surface area contributed by atoms with Crippen LogP contribution < -0.4 is 0 Å². The Balaban J connectivity index is 2.49. The molecule has 2 nitrogen and oxygen atoms in total. The fourth-order valence-electron chi connectivity index (χ4n) is 0.687. The maximum atomic E-state index is 9.91. The van der Waals surface area contributed by atoms with Gasteiger partial charge in [0.15, 0.2) is 5.22 Å². The Morgan fingerprint density at radius 1 is 1.60 bits per heavy atom. The molecule has 54 valence electrons. The molecule has 0 aliphatic carbocycles. The average Bonchev–Trinajstić information content (AvgIpc) is 2.31. The van der Waals surface area contributed by atoms with Crippen molar-refractivity contribution < 1.29 is 9.21 Å². The smallest absolute Gasteiger partial charge is 0.193 e. The number of aryl methyl sites for hydroxylation is 1. The standard InChI is InChI=1S/C7H7ClO2/c8-7-4-3-6(10-7)2-1-5-9/h3-5H,1-2H2. The monoisotopic (exact) mass is 158 g/mol. The second-order valence-electron chi connectivity index (χ2n) is 1.91. The second kappa shape index (κ2) is 3.42. The van der Waals surface area contributed by atoms with E-state index in [1.54, 1.807) is 12.1 Å². The normalized spacial score (nSPS) is 9.70. The molecule has 0 bridgehead atoms. The zero-order valence-corrected chi connectivity index (χ0v) is 6.10. The zero-order valence-electron chi connectivity index (χ0n) is 5.34. The van der Waals surface area contributed by atoms with Crippen molar-refractivity contribution in [3.63, 3.8) is 0 Å². The van der Waals surface area contributed by atoms with E-state index in [-0.39, 0.29) is 0 Å². The van der Waals surface area contributed by atoms with Crippen LogP contribution in [0.2, 0.25) is 5.22 Å². The van der Waals surface area contributed by atoms with E-state index in [4.69, 9.17) is 16.0 Å². The average molecular weight is 159 g/mol. The van der Waals surface area contributed by atoms with Gasteiger partial charge in [0, 0.05) is 12.8 Å². The molecule has 0 N–H and O–H groups in total. The summed E-state index contributed by atoms with van der Waals surface area (Å²) >= 11 is 5.48. The van der Waals surface area contributed by atoms with Crippen LogP contribution in [0.3, 0.4) is 0 Å². The molecule has 1 aromatic rings. The number of hydrogen-bond donors (Lipinski definition) is 0. The van der Waals surface area contributed by atoms with Crippen molar-refractivity contribution in [3.8, 4) is 0 Å². The van der Waals surface area contributed by atoms with Crippen molar-refractivity contribution >= 4 is 17.9 Å². The molecule has 1 heterocycles. The van der Waals surface area contributed by atoms with Gasteiger partial charge in [-0.2, -0.15) is 0 Å². The molecule has 0 unspecified atom stereocenters. The van der Waals surface area contributed by atoms with Crippen LogP contribution in [-0.2, 0) is 11.2 Å². The maximum Gasteiger partial charge on any atom is 0.193 e. The molecule has 0 aliphatic heterocycles. The zero-order chi connectivity index (χ0) is 7.40. The molecule has 3 heteroatoms. The lowest BCUT2D eigenvalue weighted by molar-refractivity contribution is -0.107. The third kappa shape index (κ3) is 1.88. The molecule has 0 atom stereocenters. The fraction of sp³-hybridized carbons (Fsp3) is 0.286. The number of carbonyl (C=O) groups is 1. The van der Waals surface area contributed by atoms with Crippen LogP contribution in [0, 0.1) is 0 Å². The van der Waals surface area contributed by atoms with Crippen LogP contribution in [0.5, 0.6) is 0 Å². The molecule has 1 aromatic heterocycles. The largest absolute Gasteiger partial charge is 0.450 e. The summed E-state index contributed by atoms with van der Waals surface area (Å²) in [4.78, 5) is 9.91. The molecule has 0 amide bonds. The minimum absolute atomic E-state index is 0.376. The van der Waals surface area contributed by atoms with Gasteiger partial charge in [-0.05, 0) is 23.7 Å². The molecule has 0 saturated carbocycles. The first-order valence-electron chi connectivity index (χ1n) is 3.01. The van der Waals surface area contributed by atoms with Gasteiger partial charge in [-0.1, -0.05) is 0 Å². The topological polar surface area (TPSA) is 30.2 Å². The summed E-state index contributed by atoms with van der Waals surface area (Å²) in [6.45, 7) is 0. The van der Waals surface area contributed by atoms with Gasteiger partial charge in [0.05, 0.1) is 0 Å². The Hall–Kier alpha value is -0.760. The molecule has 0 aliphatic rings. The summed E-state index contributed by atoms with van der Waals surface area (Å²) in [5.74, 6) is 0.761. The molecule has 10 heavy (non-hydrogen) atoms. The molecule has 1 rings (SSSR count). The van der Waals surface area contributed by atoms with Crippen molar-refractivity contribution in [3.05, 3.63) is 23.1 Å². The summed E-state index contributed by atoms with van der Waals surface area (Å²) in [5.41, 5.74) is 0. The molecular formula is C7H7ClO2. The highest BCUT2D eigenvalue weighted by atomic mass is 35.5. The van der Waals surface area contributed by atoms with Crippen molar-refractivity contribution in [2.45, 2.75) is 12.8 Å². The molecule has 0 saturated heterocycles. The lowest BCUT2D eigenvalue weighted by Crippen LogP contribution is -1.80. The first-order chi connectivity index (χ1) is 4.83. The van der Waals surface area contributed by atoms with E-state index in [0.717, 1.165) is 12.0 Å². The predicted octanol–water partition coefficient (Wildman–Crippen LogP) is 2.06. The summed E-state index contributed by atoms with van der Waals surface area (Å²) in [7, 11) is 0. The molecule has 0 radical (unpaired) electrons. The molecule has 0 aromatic carbocycles. The fourth-order valence-corrected chi connectivity index (χ4v) is 0.849. The number of hydrogen-bond acceptors (Lipinski definition) is 2. The van der Waals surface area contributed by atoms with E-state index < -0.39 is 0 Å². The van der Waals surface area contributed by atoms with Crippen molar-refractivity contribution in [2.24, 2.45) is 0 Å². The van der Waals surface area contributed by atoms with E-state index in [0.29, 0.717) is 18.1 Å². The van der Waals surface area contributed by atoms with Gasteiger partial charge >= 0.3 is 0 Å². The predicted molar refractivity (Wildman–Crippen MR) is 38.1 cm³/mol. The van der Waals surface area contributed by atoms with Gasteiger partial charge in [-0.25, -0.2) is 0 Å². The van der Waals surface area contributed by atoms with Crippen LogP contribution in [0.1, 0.15) is 12.2 Å². The number of carbonyl (C=O) groups excluding carboxylic acids is 1. The lowest BCUT2D eigenvalue weighted by Gasteiger charge is -1.86. The van der Waals surface area contributed by atoms with E-state index in [2.05, 4.69) is 0 Å². The van der Waals surface area contributed by atoms with Crippen LogP contribution in [0.15, 0.2) is 16.5 Å². The maximum absolute atomic E-state index is 9.91. The van der Waals surface area contributed by atoms with Crippen LogP contribution in [0.25, 0.3) is 0 Å². The van der Waals surface area contributed by atoms with Crippen LogP contribution in [0.4, 0.5) is 0 Å². The first kappa shape index (κ1) is 7.35. The van der Waals surface area contributed by atoms with Gasteiger partial charge in [0.25, 0.3) is 0 Å². The quantitative estimate of drug-likeness (QED) is 0.631. The SMILES string of the molecule is O=CCCc1ccc(Cl)o1. The van der Waals surface area contributed by atoms with Crippen molar-refractivity contribution in [1.29, 1.82) is 0 Å². The highest BCUT2D eigenvalue weighted by Gasteiger charge is 1.97. The van der Waals surface area contributed by atoms with E-state index in [9.17, 15) is 4.79 Å². The van der Waals surface area contributed by atoms with Gasteiger partial charge < -0.3 is 9.21 Å². The molecular weight excluding hydrogens is 152 g/mol. The van der Waals surface area contributed by atoms with E-state index in [1.165, 1.54) is 0 Å². The highest BCUT2D eigenvalue weighted by Crippen LogP contribution is 2.13. The minimum atomic E-state index is 0.376. The van der Waals surface area contributed by atoms with Crippen molar-refractivity contribution in [2.75, 3.05) is 0 Å². The van der Waals surface area contributed by atoms with Crippen molar-refractivity contribution in [1.82, 2.24) is 0 Å². The van der Waals surface area contributed by atoms with Gasteiger partial charge in [-0.3, -0.25) is 0 Å². The molecule has 0 spiro atoms. The summed E-state index contributed by atoms with van der Waals surface area (Å²) < 4.78 is 4.99. The second-order valence-corrected chi connectivity index (χ2v) is 2.28. The Morgan fingerprint density at radius 2 is 2.40 bits per heavy atom. The number of aldehydes is 1. The van der Waals surface area contributed by atoms with Gasteiger partial charge in [0.2, 0.25) is 0 Å². The van der Waals surface area contributed by atoms with Gasteiger partial charge in [-0.15, -0.1) is 0 Å². The Morgan fingerprint density at radius 3 is 2.90 bits per heavy atom. The molecule has 0 fully saturated rings. The number of furan rings is 1. The summed E-state index contributed by atoms with van der Waals surface area (Å²) in [6, 6.07) is 3.44. The van der Waals surface area contributed by atoms with Crippen LogP contribution in [-0.4, -0.2) is 6.29 Å². The highest BCUT2D eigenvalue weighted by molar-refractivity contribution is 6.28. The lowest BCUT2D eigenvalue weighted by atomic mass is 10.3. The number of rotatable bonds is 3. The van der Waals surface area contributed by atoms with Crippen LogP contribution >= 0.6 is 11.6 Å². The Labute approximate surface area is 63.8 Å². The third-order valence-corrected chi connectivity index (χ3v) is 1.34. The summed E-state index contributed by atoms with van der Waals surface area (Å²) in [5, 5.41) is 0.376. The first-order valence-corrected chi connectivity index (χ1v) is 3.38. The minimum Gasteiger partial charge on any atom is -0.450 e. The number of halogens is 1. The van der Waals surface area contributed by atoms with E-state index >= 15 is 0 Å². The van der Waals surface area contributed by atoms with Gasteiger partial charge in [0.1, 0.15) is 12.0 Å². The van der Waals surface area contributed by atoms with E-state index in [1.807, 2.05) is 0 Å². The Kier molecular flexibility index (Phi) is 2.51. The third-order valence-electron chi connectivity index (χ3n) is 1.14.